The first-order valence-electron chi connectivity index (χ1n) is 9.39. The van der Waals surface area contributed by atoms with Crippen molar-refractivity contribution in [1.82, 2.24) is 19.2 Å². The van der Waals surface area contributed by atoms with Gasteiger partial charge in [0, 0.05) is 19.6 Å². The van der Waals surface area contributed by atoms with Gasteiger partial charge in [-0.15, -0.1) is 5.10 Å². The molecule has 1 saturated heterocycles. The van der Waals surface area contributed by atoms with Crippen LogP contribution in [-0.2, 0) is 27.4 Å². The van der Waals surface area contributed by atoms with Crippen LogP contribution in [0.4, 0.5) is 0 Å². The van der Waals surface area contributed by atoms with E-state index in [9.17, 15) is 9.59 Å². The van der Waals surface area contributed by atoms with E-state index in [0.717, 1.165) is 38.4 Å². The molecule has 0 aliphatic carbocycles. The highest BCUT2D eigenvalue weighted by Crippen LogP contribution is 2.14. The van der Waals surface area contributed by atoms with Gasteiger partial charge >= 0.3 is 11.7 Å². The maximum Gasteiger partial charge on any atom is 0.347 e. The van der Waals surface area contributed by atoms with Crippen molar-refractivity contribution in [1.29, 1.82) is 0 Å². The lowest BCUT2D eigenvalue weighted by Gasteiger charge is -2.26. The number of hydrogen-bond donors (Lipinski definition) is 0. The third-order valence-corrected chi connectivity index (χ3v) is 5.25. The summed E-state index contributed by atoms with van der Waals surface area (Å²) >= 11 is 3.28. The molecule has 2 heterocycles. The Morgan fingerprint density at radius 2 is 1.82 bits per heavy atom. The van der Waals surface area contributed by atoms with Gasteiger partial charge in [-0.25, -0.2) is 14.3 Å². The van der Waals surface area contributed by atoms with Gasteiger partial charge in [-0.05, 0) is 40.9 Å². The zero-order valence-corrected chi connectivity index (χ0v) is 17.7. The van der Waals surface area contributed by atoms with Crippen molar-refractivity contribution >= 4 is 21.9 Å². The van der Waals surface area contributed by atoms with Crippen molar-refractivity contribution in [3.8, 4) is 0 Å². The van der Waals surface area contributed by atoms with E-state index < -0.39 is 12.0 Å². The molecule has 28 heavy (non-hydrogen) atoms. The highest BCUT2D eigenvalue weighted by atomic mass is 79.9. The van der Waals surface area contributed by atoms with E-state index in [0.29, 0.717) is 11.3 Å². The molecule has 0 N–H and O–H groups in total. The zero-order valence-electron chi connectivity index (χ0n) is 16.1. The summed E-state index contributed by atoms with van der Waals surface area (Å²) < 4.78 is 13.3. The van der Waals surface area contributed by atoms with E-state index in [-0.39, 0.29) is 12.3 Å². The first-order chi connectivity index (χ1) is 13.5. The van der Waals surface area contributed by atoms with E-state index in [4.69, 9.17) is 9.47 Å². The molecule has 2 aromatic rings. The summed E-state index contributed by atoms with van der Waals surface area (Å²) in [6.07, 6.45) is 0. The maximum atomic E-state index is 12.7. The van der Waals surface area contributed by atoms with Gasteiger partial charge in [0.2, 0.25) is 4.73 Å². The zero-order chi connectivity index (χ0) is 20.1. The Labute approximate surface area is 172 Å². The summed E-state index contributed by atoms with van der Waals surface area (Å²) in [5, 5.41) is 4.24. The lowest BCUT2D eigenvalue weighted by Crippen LogP contribution is -2.35. The van der Waals surface area contributed by atoms with Crippen molar-refractivity contribution in [2.45, 2.75) is 33.0 Å². The Bertz CT molecular complexity index is 856. The third-order valence-electron chi connectivity index (χ3n) is 4.71. The monoisotopic (exact) mass is 452 g/mol. The number of rotatable bonds is 7. The quantitative estimate of drug-likeness (QED) is 0.596. The number of ether oxygens (including phenoxy) is 2. The molecule has 3 rings (SSSR count). The second-order valence-corrected chi connectivity index (χ2v) is 7.42. The summed E-state index contributed by atoms with van der Waals surface area (Å²) in [6.45, 7) is 8.29. The lowest BCUT2D eigenvalue weighted by molar-refractivity contribution is -0.146. The molecular weight excluding hydrogens is 428 g/mol. The molecule has 1 aliphatic heterocycles. The van der Waals surface area contributed by atoms with Crippen LogP contribution in [0.2, 0.25) is 0 Å². The van der Waals surface area contributed by atoms with Gasteiger partial charge in [0.15, 0.2) is 0 Å². The van der Waals surface area contributed by atoms with E-state index in [1.54, 1.807) is 13.8 Å². The molecular formula is C19H25BrN4O4. The molecule has 1 atom stereocenters. The molecule has 0 amide bonds. The fourth-order valence-electron chi connectivity index (χ4n) is 3.13. The van der Waals surface area contributed by atoms with Gasteiger partial charge in [0.25, 0.3) is 0 Å². The van der Waals surface area contributed by atoms with Gasteiger partial charge in [0.05, 0.1) is 26.4 Å². The number of morpholine rings is 1. The van der Waals surface area contributed by atoms with Crippen LogP contribution in [-0.4, -0.2) is 58.1 Å². The standard InChI is InChI=1S/C19H25BrN4O4/c1-3-28-17(25)14(2)24-18(20)21-23(19(24)26)13-16-6-4-15(5-7-16)12-22-8-10-27-11-9-22/h4-7,14H,3,8-13H2,1-2H3/t14-/m1/s1. The molecule has 0 radical (unpaired) electrons. The Morgan fingerprint density at radius 3 is 2.43 bits per heavy atom. The molecule has 1 aromatic heterocycles. The predicted octanol–water partition coefficient (Wildman–Crippen LogP) is 1.81. The van der Waals surface area contributed by atoms with Crippen LogP contribution in [0.25, 0.3) is 0 Å². The van der Waals surface area contributed by atoms with E-state index in [2.05, 4.69) is 38.1 Å². The second kappa shape index (κ2) is 9.49. The van der Waals surface area contributed by atoms with Crippen LogP contribution in [0.1, 0.15) is 31.0 Å². The van der Waals surface area contributed by atoms with Gasteiger partial charge in [-0.3, -0.25) is 9.47 Å². The van der Waals surface area contributed by atoms with Crippen LogP contribution >= 0.6 is 15.9 Å². The number of esters is 1. The summed E-state index contributed by atoms with van der Waals surface area (Å²) in [4.78, 5) is 27.0. The number of benzene rings is 1. The highest BCUT2D eigenvalue weighted by molar-refractivity contribution is 9.10. The summed E-state index contributed by atoms with van der Waals surface area (Å²) in [7, 11) is 0. The minimum atomic E-state index is -0.744. The Morgan fingerprint density at radius 1 is 1.21 bits per heavy atom. The average molecular weight is 453 g/mol. The molecule has 152 valence electrons. The van der Waals surface area contributed by atoms with Gasteiger partial charge < -0.3 is 9.47 Å². The topological polar surface area (TPSA) is 78.6 Å². The van der Waals surface area contributed by atoms with Crippen molar-refractivity contribution in [3.05, 3.63) is 50.6 Å². The molecule has 0 spiro atoms. The Hall–Kier alpha value is -1.97. The van der Waals surface area contributed by atoms with Crippen LogP contribution in [0.3, 0.4) is 0 Å². The van der Waals surface area contributed by atoms with Gasteiger partial charge in [-0.1, -0.05) is 24.3 Å². The summed E-state index contributed by atoms with van der Waals surface area (Å²) in [6, 6.07) is 7.41. The van der Waals surface area contributed by atoms with Crippen molar-refractivity contribution < 1.29 is 14.3 Å². The van der Waals surface area contributed by atoms with Crippen molar-refractivity contribution in [2.75, 3.05) is 32.9 Å². The molecule has 1 aliphatic rings. The fraction of sp³-hybridized carbons (Fsp3) is 0.526. The second-order valence-electron chi connectivity index (χ2n) is 6.71. The summed E-state index contributed by atoms with van der Waals surface area (Å²) in [5.74, 6) is -0.461. The van der Waals surface area contributed by atoms with Crippen LogP contribution in [0.15, 0.2) is 33.8 Å². The molecule has 0 saturated carbocycles. The molecule has 1 fully saturated rings. The lowest BCUT2D eigenvalue weighted by atomic mass is 10.1. The van der Waals surface area contributed by atoms with Gasteiger partial charge in [0.1, 0.15) is 6.04 Å². The Balaban J connectivity index is 1.69. The normalized spacial score (nSPS) is 16.1. The van der Waals surface area contributed by atoms with E-state index in [1.807, 2.05) is 12.1 Å². The number of aromatic nitrogens is 3. The smallest absolute Gasteiger partial charge is 0.347 e. The van der Waals surface area contributed by atoms with Crippen molar-refractivity contribution in [2.24, 2.45) is 0 Å². The number of carbonyl (C=O) groups is 1. The van der Waals surface area contributed by atoms with Crippen molar-refractivity contribution in [3.63, 3.8) is 0 Å². The van der Waals surface area contributed by atoms with Crippen LogP contribution in [0, 0.1) is 0 Å². The molecule has 0 unspecified atom stereocenters. The Kier molecular flexibility index (Phi) is 7.03. The SMILES string of the molecule is CCOC(=O)[C@@H](C)n1c(Br)nn(Cc2ccc(CN3CCOCC3)cc2)c1=O. The molecule has 8 nitrogen and oxygen atoms in total. The molecule has 9 heteroatoms. The maximum absolute atomic E-state index is 12.7. The summed E-state index contributed by atoms with van der Waals surface area (Å²) in [5.41, 5.74) is 1.83. The number of nitrogens with zero attached hydrogens (tertiary/aromatic N) is 4. The number of halogens is 1. The first-order valence-corrected chi connectivity index (χ1v) is 10.2. The number of hydrogen-bond acceptors (Lipinski definition) is 6. The largest absolute Gasteiger partial charge is 0.464 e. The highest BCUT2D eigenvalue weighted by Gasteiger charge is 2.23. The third kappa shape index (κ3) is 4.89. The predicted molar refractivity (Wildman–Crippen MR) is 107 cm³/mol. The first kappa shape index (κ1) is 20.8. The number of carbonyl (C=O) groups excluding carboxylic acids is 1. The van der Waals surface area contributed by atoms with Crippen LogP contribution in [0.5, 0.6) is 0 Å². The minimum absolute atomic E-state index is 0.264. The average Bonchev–Trinajstić information content (AvgIpc) is 2.97. The van der Waals surface area contributed by atoms with Crippen LogP contribution < -0.4 is 5.69 Å². The minimum Gasteiger partial charge on any atom is -0.464 e. The molecule has 1 aromatic carbocycles. The van der Waals surface area contributed by atoms with Gasteiger partial charge in [-0.2, -0.15) is 0 Å². The van der Waals surface area contributed by atoms with E-state index >= 15 is 0 Å². The fourth-order valence-corrected chi connectivity index (χ4v) is 3.78. The van der Waals surface area contributed by atoms with E-state index in [1.165, 1.54) is 14.8 Å². The molecule has 0 bridgehead atoms.